The number of imidazole rings is 1. The molecule has 3 heterocycles. The molecular weight excluding hydrogens is 424 g/mol. The summed E-state index contributed by atoms with van der Waals surface area (Å²) in [4.78, 5) is 13.1. The number of aromatic amines is 1. The van der Waals surface area contributed by atoms with Gasteiger partial charge in [0.2, 0.25) is 0 Å². The van der Waals surface area contributed by atoms with Crippen LogP contribution in [0, 0.1) is 0 Å². The Morgan fingerprint density at radius 3 is 2.50 bits per heavy atom. The molecular formula is C27H30N6O. The summed E-state index contributed by atoms with van der Waals surface area (Å²) < 4.78 is 5.55. The summed E-state index contributed by atoms with van der Waals surface area (Å²) in [7, 11) is 2.19. The first-order valence-electron chi connectivity index (χ1n) is 12.0. The predicted octanol–water partition coefficient (Wildman–Crippen LogP) is 4.92. The number of fused-ring (bicyclic) bond motifs is 2. The van der Waals surface area contributed by atoms with E-state index in [0.717, 1.165) is 65.7 Å². The van der Waals surface area contributed by atoms with E-state index in [1.54, 1.807) is 0 Å². The number of likely N-dealkylation sites (N-methyl/N-ethyl adjacent to an activating group) is 1. The molecule has 1 aromatic heterocycles. The Morgan fingerprint density at radius 2 is 1.71 bits per heavy atom. The van der Waals surface area contributed by atoms with Gasteiger partial charge in [-0.2, -0.15) is 0 Å². The van der Waals surface area contributed by atoms with E-state index in [1.165, 1.54) is 11.3 Å². The monoisotopic (exact) mass is 454 g/mol. The van der Waals surface area contributed by atoms with Crippen molar-refractivity contribution < 1.29 is 4.74 Å². The fraction of sp³-hybridized carbons (Fsp3) is 0.296. The second-order valence-electron chi connectivity index (χ2n) is 9.06. The zero-order valence-corrected chi connectivity index (χ0v) is 19.6. The Kier molecular flexibility index (Phi) is 5.26. The molecule has 7 heteroatoms. The lowest BCUT2D eigenvalue weighted by molar-refractivity contribution is 0.313. The second kappa shape index (κ2) is 8.57. The van der Waals surface area contributed by atoms with Gasteiger partial charge in [0.25, 0.3) is 0 Å². The zero-order chi connectivity index (χ0) is 23.1. The lowest BCUT2D eigenvalue weighted by atomic mass is 10.1. The third kappa shape index (κ3) is 3.92. The van der Waals surface area contributed by atoms with Crippen LogP contribution in [0.2, 0.25) is 0 Å². The molecule has 6 rings (SSSR count). The maximum atomic E-state index is 5.55. The van der Waals surface area contributed by atoms with Gasteiger partial charge >= 0.3 is 0 Å². The SMILES string of the molecule is CCOc1ccc(-c2nc3ccc(C4Nc5ccc(N6CCN(C)CC6)cc5N4)cc3[nH]2)cc1. The van der Waals surface area contributed by atoms with E-state index in [9.17, 15) is 0 Å². The average Bonchev–Trinajstić information content (AvgIpc) is 3.48. The van der Waals surface area contributed by atoms with E-state index in [0.29, 0.717) is 6.61 Å². The number of hydrogen-bond acceptors (Lipinski definition) is 6. The highest BCUT2D eigenvalue weighted by Crippen LogP contribution is 2.38. The summed E-state index contributed by atoms with van der Waals surface area (Å²) in [5.74, 6) is 1.74. The van der Waals surface area contributed by atoms with Crippen molar-refractivity contribution in [2.24, 2.45) is 0 Å². The molecule has 34 heavy (non-hydrogen) atoms. The van der Waals surface area contributed by atoms with Gasteiger partial charge in [0.05, 0.1) is 29.0 Å². The van der Waals surface area contributed by atoms with Crippen molar-refractivity contribution >= 4 is 28.1 Å². The van der Waals surface area contributed by atoms with Gasteiger partial charge < -0.3 is 30.2 Å². The van der Waals surface area contributed by atoms with E-state index in [1.807, 2.05) is 31.2 Å². The van der Waals surface area contributed by atoms with E-state index in [-0.39, 0.29) is 6.17 Å². The summed E-state index contributed by atoms with van der Waals surface area (Å²) in [6.07, 6.45) is 0.0272. The fourth-order valence-corrected chi connectivity index (χ4v) is 4.77. The summed E-state index contributed by atoms with van der Waals surface area (Å²) in [6.45, 7) is 7.00. The van der Waals surface area contributed by atoms with Crippen molar-refractivity contribution in [3.05, 3.63) is 66.2 Å². The molecule has 0 amide bonds. The van der Waals surface area contributed by atoms with E-state index in [4.69, 9.17) is 9.72 Å². The smallest absolute Gasteiger partial charge is 0.138 e. The Bertz CT molecular complexity index is 1310. The van der Waals surface area contributed by atoms with Crippen molar-refractivity contribution in [1.82, 2.24) is 14.9 Å². The number of aromatic nitrogens is 2. The molecule has 1 unspecified atom stereocenters. The standard InChI is InChI=1S/C27H30N6O/c1-3-34-21-8-4-18(5-9-21)26-28-22-10-6-19(16-24(22)30-26)27-29-23-11-7-20(17-25(23)31-27)33-14-12-32(2)13-15-33/h4-11,16-17,27,29,31H,3,12-15H2,1-2H3,(H,28,30). The van der Waals surface area contributed by atoms with Crippen LogP contribution >= 0.6 is 0 Å². The van der Waals surface area contributed by atoms with Crippen molar-refractivity contribution in [3.8, 4) is 17.1 Å². The van der Waals surface area contributed by atoms with Crippen LogP contribution in [0.3, 0.4) is 0 Å². The van der Waals surface area contributed by atoms with Gasteiger partial charge in [-0.25, -0.2) is 4.98 Å². The van der Waals surface area contributed by atoms with Gasteiger partial charge in [-0.05, 0) is 74.1 Å². The molecule has 3 N–H and O–H groups in total. The van der Waals surface area contributed by atoms with Crippen LogP contribution < -0.4 is 20.3 Å². The van der Waals surface area contributed by atoms with Crippen molar-refractivity contribution in [2.45, 2.75) is 13.1 Å². The maximum Gasteiger partial charge on any atom is 0.138 e. The number of benzene rings is 3. The molecule has 1 atom stereocenters. The summed E-state index contributed by atoms with van der Waals surface area (Å²) in [6, 6.07) is 21.1. The molecule has 0 bridgehead atoms. The molecule has 3 aromatic carbocycles. The Hall–Kier alpha value is -3.71. The topological polar surface area (TPSA) is 68.5 Å². The quantitative estimate of drug-likeness (QED) is 0.398. The minimum atomic E-state index is 0.0272. The van der Waals surface area contributed by atoms with Gasteiger partial charge in [0.1, 0.15) is 17.7 Å². The van der Waals surface area contributed by atoms with Crippen molar-refractivity contribution in [2.75, 3.05) is 55.4 Å². The largest absolute Gasteiger partial charge is 0.494 e. The molecule has 7 nitrogen and oxygen atoms in total. The first kappa shape index (κ1) is 20.9. The van der Waals surface area contributed by atoms with Crippen molar-refractivity contribution in [3.63, 3.8) is 0 Å². The number of anilines is 3. The Labute approximate surface area is 199 Å². The molecule has 0 radical (unpaired) electrons. The average molecular weight is 455 g/mol. The van der Waals surface area contributed by atoms with Gasteiger partial charge in [-0.3, -0.25) is 0 Å². The lowest BCUT2D eigenvalue weighted by Gasteiger charge is -2.34. The van der Waals surface area contributed by atoms with Crippen LogP contribution in [-0.4, -0.2) is 54.7 Å². The van der Waals surface area contributed by atoms with Crippen LogP contribution in [0.15, 0.2) is 60.7 Å². The molecule has 1 saturated heterocycles. The number of hydrogen-bond donors (Lipinski definition) is 3. The number of nitrogens with zero attached hydrogens (tertiary/aromatic N) is 3. The summed E-state index contributed by atoms with van der Waals surface area (Å²) in [5, 5.41) is 7.29. The van der Waals surface area contributed by atoms with Crippen LogP contribution in [0.1, 0.15) is 18.7 Å². The molecule has 0 spiro atoms. The van der Waals surface area contributed by atoms with Crippen LogP contribution in [0.5, 0.6) is 5.75 Å². The van der Waals surface area contributed by atoms with Gasteiger partial charge in [0, 0.05) is 37.4 Å². The molecule has 0 saturated carbocycles. The highest BCUT2D eigenvalue weighted by atomic mass is 16.5. The first-order chi connectivity index (χ1) is 16.7. The Morgan fingerprint density at radius 1 is 0.912 bits per heavy atom. The second-order valence-corrected chi connectivity index (χ2v) is 9.06. The van der Waals surface area contributed by atoms with E-state index >= 15 is 0 Å². The fourth-order valence-electron chi connectivity index (χ4n) is 4.77. The van der Waals surface area contributed by atoms with Gasteiger partial charge in [-0.15, -0.1) is 0 Å². The number of rotatable bonds is 5. The third-order valence-electron chi connectivity index (χ3n) is 6.75. The highest BCUT2D eigenvalue weighted by Gasteiger charge is 2.23. The predicted molar refractivity (Wildman–Crippen MR) is 139 cm³/mol. The molecule has 2 aliphatic rings. The summed E-state index contributed by atoms with van der Waals surface area (Å²) in [5.41, 5.74) is 7.78. The van der Waals surface area contributed by atoms with Crippen molar-refractivity contribution in [1.29, 1.82) is 0 Å². The molecule has 0 aliphatic carbocycles. The number of nitrogens with one attached hydrogen (secondary N) is 3. The zero-order valence-electron chi connectivity index (χ0n) is 19.6. The molecule has 1 fully saturated rings. The van der Waals surface area contributed by atoms with E-state index < -0.39 is 0 Å². The normalized spacial score (nSPS) is 17.9. The van der Waals surface area contributed by atoms with E-state index in [2.05, 4.69) is 68.9 Å². The maximum absolute atomic E-state index is 5.55. The highest BCUT2D eigenvalue weighted by molar-refractivity contribution is 5.83. The minimum absolute atomic E-state index is 0.0272. The van der Waals surface area contributed by atoms with Crippen LogP contribution in [-0.2, 0) is 0 Å². The third-order valence-corrected chi connectivity index (χ3v) is 6.75. The molecule has 4 aromatic rings. The Balaban J connectivity index is 1.21. The minimum Gasteiger partial charge on any atom is -0.494 e. The number of H-pyrrole nitrogens is 1. The summed E-state index contributed by atoms with van der Waals surface area (Å²) >= 11 is 0. The van der Waals surface area contributed by atoms with Crippen LogP contribution in [0.25, 0.3) is 22.4 Å². The first-order valence-corrected chi connectivity index (χ1v) is 12.0. The lowest BCUT2D eigenvalue weighted by Crippen LogP contribution is -2.44. The van der Waals surface area contributed by atoms with Crippen LogP contribution in [0.4, 0.5) is 17.1 Å². The molecule has 174 valence electrons. The van der Waals surface area contributed by atoms with Gasteiger partial charge in [-0.1, -0.05) is 6.07 Å². The van der Waals surface area contributed by atoms with Gasteiger partial charge in [0.15, 0.2) is 0 Å². The molecule has 2 aliphatic heterocycles. The number of ether oxygens (including phenoxy) is 1. The number of piperazine rings is 1.